The van der Waals surface area contributed by atoms with Crippen molar-refractivity contribution in [3.63, 3.8) is 0 Å². The molecule has 33 heavy (non-hydrogen) atoms. The summed E-state index contributed by atoms with van der Waals surface area (Å²) >= 11 is 0. The summed E-state index contributed by atoms with van der Waals surface area (Å²) in [7, 11) is 0. The first-order chi connectivity index (χ1) is 16.0. The Morgan fingerprint density at radius 1 is 1.12 bits per heavy atom. The number of furan rings is 1. The highest BCUT2D eigenvalue weighted by molar-refractivity contribution is 6.02. The van der Waals surface area contributed by atoms with Gasteiger partial charge in [0.15, 0.2) is 6.61 Å². The number of non-ortho nitro benzene ring substituents is 1. The minimum atomic E-state index is -0.567. The van der Waals surface area contributed by atoms with Crippen LogP contribution in [0.2, 0.25) is 0 Å². The molecule has 10 heteroatoms. The summed E-state index contributed by atoms with van der Waals surface area (Å²) in [6.07, 6.45) is 1.59. The molecule has 0 saturated carbocycles. The third-order valence-corrected chi connectivity index (χ3v) is 4.97. The van der Waals surface area contributed by atoms with Crippen LogP contribution >= 0.6 is 0 Å². The van der Waals surface area contributed by atoms with Gasteiger partial charge in [-0.2, -0.15) is 0 Å². The molecule has 1 aromatic heterocycles. The lowest BCUT2D eigenvalue weighted by Crippen LogP contribution is -2.45. The second-order valence-corrected chi connectivity index (χ2v) is 7.35. The van der Waals surface area contributed by atoms with Crippen molar-refractivity contribution in [2.24, 2.45) is 0 Å². The van der Waals surface area contributed by atoms with Crippen LogP contribution in [0.3, 0.4) is 0 Å². The molecule has 2 heterocycles. The lowest BCUT2D eigenvalue weighted by atomic mass is 10.1. The number of ether oxygens (including phenoxy) is 2. The van der Waals surface area contributed by atoms with E-state index in [4.69, 9.17) is 13.9 Å². The van der Waals surface area contributed by atoms with Crippen LogP contribution in [0.4, 0.5) is 11.4 Å². The van der Waals surface area contributed by atoms with Crippen LogP contribution in [0.1, 0.15) is 16.9 Å². The van der Waals surface area contributed by atoms with E-state index in [9.17, 15) is 19.7 Å². The number of nitrogens with zero attached hydrogens (tertiary/aromatic N) is 2. The predicted octanol–water partition coefficient (Wildman–Crippen LogP) is 2.95. The summed E-state index contributed by atoms with van der Waals surface area (Å²) in [5.41, 5.74) is 1.82. The zero-order valence-electron chi connectivity index (χ0n) is 17.6. The minimum Gasteiger partial charge on any atom is -0.482 e. The monoisotopic (exact) mass is 451 g/mol. The highest BCUT2D eigenvalue weighted by Crippen LogP contribution is 2.35. The molecule has 0 unspecified atom stereocenters. The van der Waals surface area contributed by atoms with Crippen molar-refractivity contribution >= 4 is 23.2 Å². The van der Waals surface area contributed by atoms with Gasteiger partial charge in [-0.3, -0.25) is 24.6 Å². The Morgan fingerprint density at radius 2 is 1.97 bits per heavy atom. The fraction of sp³-hybridized carbons (Fsp3) is 0.217. The lowest BCUT2D eigenvalue weighted by Gasteiger charge is -2.28. The second kappa shape index (κ2) is 9.96. The molecule has 0 fully saturated rings. The first-order valence-corrected chi connectivity index (χ1v) is 10.2. The Bertz CT molecular complexity index is 1160. The summed E-state index contributed by atoms with van der Waals surface area (Å²) in [4.78, 5) is 36.5. The van der Waals surface area contributed by atoms with E-state index in [1.807, 2.05) is 30.3 Å². The van der Waals surface area contributed by atoms with Gasteiger partial charge in [0.05, 0.1) is 23.5 Å². The standard InChI is InChI=1S/C23H21N3O7/c27-22(12-25-20-10-18(26(29)30)6-7-21(20)33-15-23(25)28)24-11-16-3-1-4-17(9-16)13-31-14-19-5-2-8-32-19/h1-10H,11-15H2,(H,24,27). The molecule has 0 spiro atoms. The molecule has 1 aliphatic rings. The Morgan fingerprint density at radius 3 is 2.76 bits per heavy atom. The predicted molar refractivity (Wildman–Crippen MR) is 116 cm³/mol. The second-order valence-electron chi connectivity index (χ2n) is 7.35. The number of rotatable bonds is 9. The summed E-state index contributed by atoms with van der Waals surface area (Å²) < 4.78 is 16.2. The van der Waals surface area contributed by atoms with Crippen molar-refractivity contribution in [1.29, 1.82) is 0 Å². The van der Waals surface area contributed by atoms with E-state index in [-0.39, 0.29) is 31.1 Å². The van der Waals surface area contributed by atoms with E-state index in [1.54, 1.807) is 12.3 Å². The Kier molecular flexibility index (Phi) is 6.65. The topological polar surface area (TPSA) is 124 Å². The Hall–Kier alpha value is -4.18. The molecular weight excluding hydrogens is 430 g/mol. The van der Waals surface area contributed by atoms with Crippen molar-refractivity contribution in [2.45, 2.75) is 19.8 Å². The molecule has 0 atom stereocenters. The van der Waals surface area contributed by atoms with Gasteiger partial charge in [-0.25, -0.2) is 0 Å². The van der Waals surface area contributed by atoms with Gasteiger partial charge in [-0.15, -0.1) is 0 Å². The minimum absolute atomic E-state index is 0.191. The molecule has 1 aliphatic heterocycles. The smallest absolute Gasteiger partial charge is 0.271 e. The van der Waals surface area contributed by atoms with E-state index in [0.717, 1.165) is 16.9 Å². The van der Waals surface area contributed by atoms with Gasteiger partial charge in [0.2, 0.25) is 5.91 Å². The van der Waals surface area contributed by atoms with Gasteiger partial charge in [-0.05, 0) is 29.3 Å². The Balaban J connectivity index is 1.34. The highest BCUT2D eigenvalue weighted by Gasteiger charge is 2.29. The summed E-state index contributed by atoms with van der Waals surface area (Å²) in [5.74, 6) is 0.203. The third kappa shape index (κ3) is 5.55. The molecule has 0 saturated heterocycles. The first-order valence-electron chi connectivity index (χ1n) is 10.2. The van der Waals surface area contributed by atoms with E-state index >= 15 is 0 Å². The van der Waals surface area contributed by atoms with Crippen molar-refractivity contribution < 1.29 is 28.4 Å². The maximum Gasteiger partial charge on any atom is 0.271 e. The zero-order valence-corrected chi connectivity index (χ0v) is 17.6. The number of fused-ring (bicyclic) bond motifs is 1. The number of carbonyl (C=O) groups excluding carboxylic acids is 2. The summed E-state index contributed by atoms with van der Waals surface area (Å²) in [6.45, 7) is 0.493. The first kappa shape index (κ1) is 22.0. The lowest BCUT2D eigenvalue weighted by molar-refractivity contribution is -0.384. The fourth-order valence-corrected chi connectivity index (χ4v) is 3.37. The molecule has 0 aliphatic carbocycles. The van der Waals surface area contributed by atoms with Crippen LogP contribution in [0.15, 0.2) is 65.3 Å². The van der Waals surface area contributed by atoms with Crippen molar-refractivity contribution in [3.8, 4) is 5.75 Å². The number of anilines is 1. The normalized spacial score (nSPS) is 12.7. The van der Waals surface area contributed by atoms with E-state index in [0.29, 0.717) is 19.0 Å². The molecule has 0 bridgehead atoms. The van der Waals surface area contributed by atoms with Gasteiger partial charge in [0, 0.05) is 18.7 Å². The van der Waals surface area contributed by atoms with Crippen LogP contribution in [-0.4, -0.2) is 29.9 Å². The van der Waals surface area contributed by atoms with Gasteiger partial charge in [-0.1, -0.05) is 24.3 Å². The molecule has 170 valence electrons. The number of nitro groups is 1. The fourth-order valence-electron chi connectivity index (χ4n) is 3.37. The molecule has 0 radical (unpaired) electrons. The number of carbonyl (C=O) groups is 2. The number of hydrogen-bond donors (Lipinski definition) is 1. The third-order valence-electron chi connectivity index (χ3n) is 4.97. The van der Waals surface area contributed by atoms with Crippen molar-refractivity contribution in [2.75, 3.05) is 18.1 Å². The highest BCUT2D eigenvalue weighted by atomic mass is 16.6. The molecule has 2 amide bonds. The number of hydrogen-bond acceptors (Lipinski definition) is 7. The summed E-state index contributed by atoms with van der Waals surface area (Å²) in [6, 6.07) is 15.1. The molecular formula is C23H21N3O7. The van der Waals surface area contributed by atoms with E-state index in [2.05, 4.69) is 5.32 Å². The largest absolute Gasteiger partial charge is 0.482 e. The zero-order chi connectivity index (χ0) is 23.2. The van der Waals surface area contributed by atoms with Crippen LogP contribution in [0.25, 0.3) is 0 Å². The maximum absolute atomic E-state index is 12.5. The SMILES string of the molecule is O=C(CN1C(=O)COc2ccc([N+](=O)[O-])cc21)NCc1cccc(COCc2ccco2)c1. The number of amides is 2. The average molecular weight is 451 g/mol. The van der Waals surface area contributed by atoms with Gasteiger partial charge in [0.1, 0.15) is 24.7 Å². The Labute approximate surface area is 188 Å². The molecule has 2 aromatic carbocycles. The number of benzene rings is 2. The average Bonchev–Trinajstić information content (AvgIpc) is 3.33. The van der Waals surface area contributed by atoms with Crippen LogP contribution in [-0.2, 0) is 34.1 Å². The van der Waals surface area contributed by atoms with Gasteiger partial charge in [0.25, 0.3) is 11.6 Å². The quantitative estimate of drug-likeness (QED) is 0.392. The molecule has 1 N–H and O–H groups in total. The number of nitrogens with one attached hydrogen (secondary N) is 1. The summed E-state index contributed by atoms with van der Waals surface area (Å²) in [5, 5.41) is 13.9. The maximum atomic E-state index is 12.5. The van der Waals surface area contributed by atoms with E-state index in [1.165, 1.54) is 23.1 Å². The van der Waals surface area contributed by atoms with Gasteiger partial charge < -0.3 is 19.2 Å². The van der Waals surface area contributed by atoms with Crippen LogP contribution < -0.4 is 15.0 Å². The van der Waals surface area contributed by atoms with Gasteiger partial charge >= 0.3 is 0 Å². The van der Waals surface area contributed by atoms with Crippen molar-refractivity contribution in [1.82, 2.24) is 5.32 Å². The molecule has 10 nitrogen and oxygen atoms in total. The van der Waals surface area contributed by atoms with E-state index < -0.39 is 16.7 Å². The van der Waals surface area contributed by atoms with Crippen molar-refractivity contribution in [3.05, 3.63) is 87.9 Å². The van der Waals surface area contributed by atoms with Crippen LogP contribution in [0, 0.1) is 10.1 Å². The molecule has 4 rings (SSSR count). The molecule has 3 aromatic rings. The number of nitro benzene ring substituents is 1. The van der Waals surface area contributed by atoms with Crippen LogP contribution in [0.5, 0.6) is 5.75 Å².